The Hall–Kier alpha value is -1.81. The highest BCUT2D eigenvalue weighted by Gasteiger charge is 2.06. The summed E-state index contributed by atoms with van der Waals surface area (Å²) in [5.41, 5.74) is 1.44. The second kappa shape index (κ2) is 5.23. The lowest BCUT2D eigenvalue weighted by molar-refractivity contribution is 0.628. The van der Waals surface area contributed by atoms with Gasteiger partial charge in [-0.1, -0.05) is 17.7 Å². The zero-order chi connectivity index (χ0) is 13.1. The minimum atomic E-state index is -0.386. The fourth-order valence-electron chi connectivity index (χ4n) is 1.68. The number of hydrogen-bond acceptors (Lipinski definition) is 2. The molecule has 1 aromatic carbocycles. The van der Waals surface area contributed by atoms with E-state index in [1.165, 1.54) is 12.1 Å². The third-order valence-corrected chi connectivity index (χ3v) is 2.56. The van der Waals surface area contributed by atoms with Crippen LogP contribution in [-0.2, 0) is 6.54 Å². The van der Waals surface area contributed by atoms with Gasteiger partial charge in [0, 0.05) is 23.5 Å². The van der Waals surface area contributed by atoms with Crippen molar-refractivity contribution in [3.8, 4) is 0 Å². The van der Waals surface area contributed by atoms with Crippen LogP contribution < -0.4 is 5.32 Å². The molecular formula is C13H13ClFN3. The quantitative estimate of drug-likeness (QED) is 0.850. The van der Waals surface area contributed by atoms with Crippen molar-refractivity contribution in [1.29, 1.82) is 0 Å². The Morgan fingerprint density at radius 2 is 2.28 bits per heavy atom. The zero-order valence-electron chi connectivity index (χ0n) is 9.95. The first kappa shape index (κ1) is 12.6. The number of rotatable bonds is 4. The first-order chi connectivity index (χ1) is 8.58. The minimum Gasteiger partial charge on any atom is -0.325 e. The van der Waals surface area contributed by atoms with Gasteiger partial charge in [-0.05, 0) is 25.1 Å². The van der Waals surface area contributed by atoms with Crippen LogP contribution in [0.1, 0.15) is 5.69 Å². The average Bonchev–Trinajstić information content (AvgIpc) is 2.58. The second-order valence-corrected chi connectivity index (χ2v) is 4.37. The minimum absolute atomic E-state index is 0.344. The molecule has 18 heavy (non-hydrogen) atoms. The number of halogens is 2. The summed E-state index contributed by atoms with van der Waals surface area (Å²) >= 11 is 5.80. The van der Waals surface area contributed by atoms with Gasteiger partial charge in [0.15, 0.2) is 0 Å². The molecule has 0 spiro atoms. The van der Waals surface area contributed by atoms with E-state index < -0.39 is 0 Å². The van der Waals surface area contributed by atoms with Crippen molar-refractivity contribution in [2.24, 2.45) is 0 Å². The molecule has 0 atom stereocenters. The number of aryl methyl sites for hydroxylation is 1. The van der Waals surface area contributed by atoms with Crippen LogP contribution in [0.4, 0.5) is 16.0 Å². The van der Waals surface area contributed by atoms with Gasteiger partial charge in [0.25, 0.3) is 0 Å². The molecule has 3 nitrogen and oxygen atoms in total. The van der Waals surface area contributed by atoms with E-state index >= 15 is 0 Å². The maximum Gasteiger partial charge on any atom is 0.207 e. The number of hydrogen-bond donors (Lipinski definition) is 1. The normalized spacial score (nSPS) is 10.4. The number of aromatic nitrogens is 2. The van der Waals surface area contributed by atoms with Gasteiger partial charge < -0.3 is 9.88 Å². The predicted molar refractivity (Wildman–Crippen MR) is 71.9 cm³/mol. The molecule has 0 aliphatic heterocycles. The second-order valence-electron chi connectivity index (χ2n) is 3.93. The van der Waals surface area contributed by atoms with Gasteiger partial charge in [-0.2, -0.15) is 0 Å². The van der Waals surface area contributed by atoms with Crippen LogP contribution in [0, 0.1) is 12.7 Å². The number of benzene rings is 1. The predicted octanol–water partition coefficient (Wildman–Crippen LogP) is 3.91. The smallest absolute Gasteiger partial charge is 0.207 e. The van der Waals surface area contributed by atoms with Crippen molar-refractivity contribution in [3.63, 3.8) is 0 Å². The van der Waals surface area contributed by atoms with Crippen LogP contribution in [0.5, 0.6) is 0 Å². The molecule has 0 saturated carbocycles. The number of nitrogens with zero attached hydrogens (tertiary/aromatic N) is 2. The first-order valence-electron chi connectivity index (χ1n) is 5.46. The topological polar surface area (TPSA) is 29.9 Å². The molecule has 0 aliphatic rings. The Morgan fingerprint density at radius 1 is 1.50 bits per heavy atom. The molecule has 1 N–H and O–H groups in total. The van der Waals surface area contributed by atoms with Crippen LogP contribution in [0.15, 0.2) is 37.1 Å². The lowest BCUT2D eigenvalue weighted by Crippen LogP contribution is -2.02. The van der Waals surface area contributed by atoms with Crippen molar-refractivity contribution in [2.45, 2.75) is 13.5 Å². The molecule has 1 heterocycles. The summed E-state index contributed by atoms with van der Waals surface area (Å²) in [6.45, 7) is 6.21. The van der Waals surface area contributed by atoms with Gasteiger partial charge in [-0.15, -0.1) is 6.58 Å². The lowest BCUT2D eigenvalue weighted by Gasteiger charge is -2.08. The first-order valence-corrected chi connectivity index (χ1v) is 5.84. The van der Waals surface area contributed by atoms with E-state index in [2.05, 4.69) is 16.9 Å². The van der Waals surface area contributed by atoms with Gasteiger partial charge >= 0.3 is 0 Å². The highest BCUT2D eigenvalue weighted by molar-refractivity contribution is 6.30. The maximum absolute atomic E-state index is 13.2. The van der Waals surface area contributed by atoms with E-state index in [9.17, 15) is 4.39 Å². The Labute approximate surface area is 110 Å². The Balaban J connectivity index is 2.30. The van der Waals surface area contributed by atoms with Crippen molar-refractivity contribution in [2.75, 3.05) is 5.32 Å². The van der Waals surface area contributed by atoms with Crippen LogP contribution in [-0.4, -0.2) is 9.55 Å². The molecular weight excluding hydrogens is 253 g/mol. The summed E-state index contributed by atoms with van der Waals surface area (Å²) in [6.07, 6.45) is 3.66. The fourth-order valence-corrected chi connectivity index (χ4v) is 1.90. The van der Waals surface area contributed by atoms with Crippen molar-refractivity contribution in [1.82, 2.24) is 9.55 Å². The summed E-state index contributed by atoms with van der Waals surface area (Å²) in [5.74, 6) is 0.248. The van der Waals surface area contributed by atoms with Crippen LogP contribution in [0.3, 0.4) is 0 Å². The monoisotopic (exact) mass is 265 g/mol. The van der Waals surface area contributed by atoms with Gasteiger partial charge in [0.1, 0.15) is 5.82 Å². The molecule has 0 amide bonds. The highest BCUT2D eigenvalue weighted by Crippen LogP contribution is 2.21. The van der Waals surface area contributed by atoms with Crippen LogP contribution in [0.2, 0.25) is 5.02 Å². The number of anilines is 2. The Bertz CT molecular complexity index is 557. The molecule has 1 aromatic heterocycles. The SMILES string of the molecule is C=CCn1cc(C)nc1Nc1cc(F)cc(Cl)c1. The standard InChI is InChI=1S/C13H13ClFN3/c1-3-4-18-8-9(2)16-13(18)17-12-6-10(14)5-11(15)7-12/h3,5-8H,1,4H2,2H3,(H,16,17). The van der Waals surface area contributed by atoms with Crippen molar-refractivity contribution < 1.29 is 4.39 Å². The molecule has 0 radical (unpaired) electrons. The van der Waals surface area contributed by atoms with Gasteiger partial charge in [0.2, 0.25) is 5.95 Å². The molecule has 0 bridgehead atoms. The number of nitrogens with one attached hydrogen (secondary N) is 1. The van der Waals surface area contributed by atoms with Crippen LogP contribution in [0.25, 0.3) is 0 Å². The highest BCUT2D eigenvalue weighted by atomic mass is 35.5. The molecule has 0 unspecified atom stereocenters. The fraction of sp³-hybridized carbons (Fsp3) is 0.154. The van der Waals surface area contributed by atoms with Crippen LogP contribution >= 0.6 is 11.6 Å². The molecule has 2 aromatic rings. The van der Waals surface area contributed by atoms with Gasteiger partial charge in [-0.3, -0.25) is 0 Å². The summed E-state index contributed by atoms with van der Waals surface area (Å²) < 4.78 is 15.1. The number of imidazole rings is 1. The number of allylic oxidation sites excluding steroid dienone is 1. The van der Waals surface area contributed by atoms with Gasteiger partial charge in [-0.25, -0.2) is 9.37 Å². The third-order valence-electron chi connectivity index (χ3n) is 2.34. The van der Waals surface area contributed by atoms with E-state index in [0.717, 1.165) is 5.69 Å². The Kier molecular flexibility index (Phi) is 3.67. The largest absolute Gasteiger partial charge is 0.325 e. The van der Waals surface area contributed by atoms with Crippen molar-refractivity contribution >= 4 is 23.2 Å². The lowest BCUT2D eigenvalue weighted by atomic mass is 10.3. The third kappa shape index (κ3) is 2.90. The summed E-state index contributed by atoms with van der Waals surface area (Å²) in [5, 5.41) is 3.38. The van der Waals surface area contributed by atoms with E-state index in [0.29, 0.717) is 23.2 Å². The molecule has 94 valence electrons. The van der Waals surface area contributed by atoms with E-state index in [1.807, 2.05) is 17.7 Å². The maximum atomic E-state index is 13.2. The molecule has 0 aliphatic carbocycles. The summed E-state index contributed by atoms with van der Waals surface area (Å²) in [7, 11) is 0. The van der Waals surface area contributed by atoms with E-state index in [-0.39, 0.29) is 5.82 Å². The Morgan fingerprint density at radius 3 is 2.94 bits per heavy atom. The molecule has 0 fully saturated rings. The zero-order valence-corrected chi connectivity index (χ0v) is 10.7. The molecule has 5 heteroatoms. The average molecular weight is 266 g/mol. The molecule has 2 rings (SSSR count). The summed E-state index contributed by atoms with van der Waals surface area (Å²) in [4.78, 5) is 4.32. The summed E-state index contributed by atoms with van der Waals surface area (Å²) in [6, 6.07) is 4.27. The van der Waals surface area contributed by atoms with E-state index in [1.54, 1.807) is 12.1 Å². The van der Waals surface area contributed by atoms with Gasteiger partial charge in [0.05, 0.1) is 5.69 Å². The van der Waals surface area contributed by atoms with Crippen molar-refractivity contribution in [3.05, 3.63) is 53.6 Å². The van der Waals surface area contributed by atoms with E-state index in [4.69, 9.17) is 11.6 Å². The molecule has 0 saturated heterocycles.